The Morgan fingerprint density at radius 1 is 1.54 bits per heavy atom. The number of rotatable bonds is 3. The third-order valence-corrected chi connectivity index (χ3v) is 0.987. The number of hydrogen-bond acceptors (Lipinski definition) is 4. The number of aliphatic hydroxyl groups is 1. The predicted molar refractivity (Wildman–Crippen MR) is 49.1 cm³/mol. The summed E-state index contributed by atoms with van der Waals surface area (Å²) >= 11 is 0. The maximum absolute atomic E-state index is 11.0. The van der Waals surface area contributed by atoms with Crippen LogP contribution in [0.25, 0.3) is 0 Å². The van der Waals surface area contributed by atoms with Gasteiger partial charge < -0.3 is 9.84 Å². The van der Waals surface area contributed by atoms with Crippen LogP contribution in [-0.4, -0.2) is 29.4 Å². The number of amides is 1. The van der Waals surface area contributed by atoms with Crippen molar-refractivity contribution in [2.45, 2.75) is 39.4 Å². The van der Waals surface area contributed by atoms with E-state index in [1.54, 1.807) is 27.7 Å². The van der Waals surface area contributed by atoms with Crippen LogP contribution in [0.4, 0.5) is 4.79 Å². The highest BCUT2D eigenvalue weighted by molar-refractivity contribution is 5.66. The normalized spacial score (nSPS) is 13.6. The van der Waals surface area contributed by atoms with Gasteiger partial charge in [-0.15, -0.1) is 0 Å². The number of carbonyl (C=O) groups excluding carboxylic acids is 1. The van der Waals surface area contributed by atoms with Crippen molar-refractivity contribution in [1.82, 2.24) is 10.9 Å². The van der Waals surface area contributed by atoms with Crippen molar-refractivity contribution < 1.29 is 14.6 Å². The molecule has 13 heavy (non-hydrogen) atoms. The first kappa shape index (κ1) is 12.2. The molecule has 0 aromatic carbocycles. The maximum atomic E-state index is 11.0. The molecule has 0 bridgehead atoms. The molecule has 0 aliphatic rings. The maximum Gasteiger partial charge on any atom is 0.422 e. The van der Waals surface area contributed by atoms with Gasteiger partial charge >= 0.3 is 6.09 Å². The summed E-state index contributed by atoms with van der Waals surface area (Å²) in [5, 5.41) is 8.84. The summed E-state index contributed by atoms with van der Waals surface area (Å²) in [6.45, 7) is 7.24. The molecule has 5 heteroatoms. The minimum absolute atomic E-state index is 0.291. The number of nitrogens with one attached hydrogen (secondary N) is 2. The lowest BCUT2D eigenvalue weighted by Gasteiger charge is -2.20. The molecule has 5 nitrogen and oxygen atoms in total. The molecule has 0 heterocycles. The summed E-state index contributed by atoms with van der Waals surface area (Å²) in [4.78, 5) is 11.0. The highest BCUT2D eigenvalue weighted by Crippen LogP contribution is 2.05. The fraction of sp³-hybridized carbons (Fsp3) is 0.875. The molecule has 3 N–H and O–H groups in total. The van der Waals surface area contributed by atoms with Crippen LogP contribution in [-0.2, 0) is 4.74 Å². The monoisotopic (exact) mass is 190 g/mol. The van der Waals surface area contributed by atoms with Crippen LogP contribution in [0.5, 0.6) is 0 Å². The topological polar surface area (TPSA) is 70.6 Å². The number of carbonyl (C=O) groups is 1. The van der Waals surface area contributed by atoms with Crippen LogP contribution in [0.2, 0.25) is 0 Å². The molecule has 0 saturated carbocycles. The second kappa shape index (κ2) is 5.04. The summed E-state index contributed by atoms with van der Waals surface area (Å²) in [7, 11) is 0. The van der Waals surface area contributed by atoms with Gasteiger partial charge in [-0.2, -0.15) is 0 Å². The zero-order chi connectivity index (χ0) is 10.5. The highest BCUT2D eigenvalue weighted by atomic mass is 16.6. The number of aliphatic hydroxyl groups excluding tert-OH is 1. The molecule has 0 saturated heterocycles. The van der Waals surface area contributed by atoms with Gasteiger partial charge in [-0.25, -0.2) is 10.2 Å². The Hall–Kier alpha value is -0.810. The van der Waals surface area contributed by atoms with Gasteiger partial charge in [0.2, 0.25) is 0 Å². The predicted octanol–water partition coefficient (Wildman–Crippen LogP) is 0.396. The van der Waals surface area contributed by atoms with E-state index in [-0.39, 0.29) is 0 Å². The molecule has 0 aromatic heterocycles. The van der Waals surface area contributed by atoms with Gasteiger partial charge in [-0.1, -0.05) is 0 Å². The Balaban J connectivity index is 3.53. The van der Waals surface area contributed by atoms with E-state index in [9.17, 15) is 4.79 Å². The fourth-order valence-corrected chi connectivity index (χ4v) is 0.575. The van der Waals surface area contributed by atoms with E-state index in [0.717, 1.165) is 0 Å². The summed E-state index contributed by atoms with van der Waals surface area (Å²) < 4.78 is 4.93. The largest absolute Gasteiger partial charge is 0.443 e. The molecule has 0 radical (unpaired) electrons. The summed E-state index contributed by atoms with van der Waals surface area (Å²) in [6.07, 6.45) is -1.05. The van der Waals surface area contributed by atoms with Crippen molar-refractivity contribution in [3.63, 3.8) is 0 Å². The van der Waals surface area contributed by atoms with E-state index in [0.29, 0.717) is 6.54 Å². The number of ether oxygens (including phenoxy) is 1. The van der Waals surface area contributed by atoms with Crippen LogP contribution in [0.1, 0.15) is 27.7 Å². The molecule has 0 aromatic rings. The van der Waals surface area contributed by atoms with Crippen molar-refractivity contribution in [3.8, 4) is 0 Å². The lowest BCUT2D eigenvalue weighted by Crippen LogP contribution is -2.43. The minimum Gasteiger partial charge on any atom is -0.443 e. The lowest BCUT2D eigenvalue weighted by molar-refractivity contribution is 0.0488. The van der Waals surface area contributed by atoms with Crippen LogP contribution < -0.4 is 10.9 Å². The van der Waals surface area contributed by atoms with Crippen molar-refractivity contribution in [2.75, 3.05) is 6.54 Å². The second-order valence-corrected chi connectivity index (χ2v) is 3.86. The average molecular weight is 190 g/mol. The fourth-order valence-electron chi connectivity index (χ4n) is 0.575. The molecule has 78 valence electrons. The van der Waals surface area contributed by atoms with Crippen LogP contribution in [0, 0.1) is 0 Å². The lowest BCUT2D eigenvalue weighted by atomic mass is 10.2. The van der Waals surface area contributed by atoms with E-state index in [1.165, 1.54) is 0 Å². The molecule has 0 aliphatic carbocycles. The van der Waals surface area contributed by atoms with Crippen LogP contribution in [0.15, 0.2) is 0 Å². The zero-order valence-electron chi connectivity index (χ0n) is 8.55. The standard InChI is InChI=1S/C8H18N2O3/c1-6(11)5-9-10-7(12)13-8(2,3)4/h6,9,11H,5H2,1-4H3,(H,10,12). The quantitative estimate of drug-likeness (QED) is 0.563. The van der Waals surface area contributed by atoms with Gasteiger partial charge in [0.05, 0.1) is 6.10 Å². The van der Waals surface area contributed by atoms with Gasteiger partial charge in [0, 0.05) is 6.54 Å². The van der Waals surface area contributed by atoms with Gasteiger partial charge in [0.25, 0.3) is 0 Å². The van der Waals surface area contributed by atoms with Gasteiger partial charge in [0.1, 0.15) is 5.60 Å². The highest BCUT2D eigenvalue weighted by Gasteiger charge is 2.15. The first-order valence-electron chi connectivity index (χ1n) is 4.21. The smallest absolute Gasteiger partial charge is 0.422 e. The molecule has 0 spiro atoms. The van der Waals surface area contributed by atoms with Crippen LogP contribution in [0.3, 0.4) is 0 Å². The van der Waals surface area contributed by atoms with Gasteiger partial charge in [-0.3, -0.25) is 5.43 Å². The van der Waals surface area contributed by atoms with Crippen molar-refractivity contribution in [1.29, 1.82) is 0 Å². The molecule has 1 unspecified atom stereocenters. The first-order chi connectivity index (χ1) is 5.81. The molecular formula is C8H18N2O3. The molecule has 0 fully saturated rings. The second-order valence-electron chi connectivity index (χ2n) is 3.86. The first-order valence-corrected chi connectivity index (χ1v) is 4.21. The Bertz CT molecular complexity index is 163. The van der Waals surface area contributed by atoms with Crippen LogP contribution >= 0.6 is 0 Å². The van der Waals surface area contributed by atoms with E-state index in [4.69, 9.17) is 9.84 Å². The Morgan fingerprint density at radius 2 is 2.08 bits per heavy atom. The Morgan fingerprint density at radius 3 is 2.46 bits per heavy atom. The average Bonchev–Trinajstić information content (AvgIpc) is 1.81. The summed E-state index contributed by atoms with van der Waals surface area (Å²) in [5.41, 5.74) is 4.33. The third kappa shape index (κ3) is 9.10. The SMILES string of the molecule is CC(O)CNNC(=O)OC(C)(C)C. The van der Waals surface area contributed by atoms with E-state index in [2.05, 4.69) is 10.9 Å². The molecule has 0 aliphatic heterocycles. The molecular weight excluding hydrogens is 172 g/mol. The molecule has 1 atom stereocenters. The van der Waals surface area contributed by atoms with Crippen molar-refractivity contribution in [3.05, 3.63) is 0 Å². The van der Waals surface area contributed by atoms with Gasteiger partial charge in [0.15, 0.2) is 0 Å². The number of hydrogen-bond donors (Lipinski definition) is 3. The number of hydrazine groups is 1. The third-order valence-electron chi connectivity index (χ3n) is 0.987. The van der Waals surface area contributed by atoms with E-state index >= 15 is 0 Å². The van der Waals surface area contributed by atoms with Crippen molar-refractivity contribution >= 4 is 6.09 Å². The molecule has 1 amide bonds. The Labute approximate surface area is 78.4 Å². The Kier molecular flexibility index (Phi) is 4.72. The van der Waals surface area contributed by atoms with E-state index < -0.39 is 17.8 Å². The summed E-state index contributed by atoms with van der Waals surface area (Å²) in [6, 6.07) is 0. The van der Waals surface area contributed by atoms with Crippen molar-refractivity contribution in [2.24, 2.45) is 0 Å². The molecule has 0 rings (SSSR count). The van der Waals surface area contributed by atoms with Gasteiger partial charge in [-0.05, 0) is 27.7 Å². The zero-order valence-corrected chi connectivity index (χ0v) is 8.55. The van der Waals surface area contributed by atoms with E-state index in [1.807, 2.05) is 0 Å². The minimum atomic E-state index is -0.548. The summed E-state index contributed by atoms with van der Waals surface area (Å²) in [5.74, 6) is 0.